The van der Waals surface area contributed by atoms with Crippen molar-refractivity contribution in [3.05, 3.63) is 42.2 Å². The number of nitrogens with one attached hydrogen (secondary N) is 1. The van der Waals surface area contributed by atoms with Gasteiger partial charge in [0.2, 0.25) is 0 Å². The molecule has 3 heteroatoms. The van der Waals surface area contributed by atoms with Gasteiger partial charge in [-0.3, -0.25) is 4.98 Å². The third-order valence-electron chi connectivity index (χ3n) is 4.56. The van der Waals surface area contributed by atoms with E-state index >= 15 is 0 Å². The average Bonchev–Trinajstić information content (AvgIpc) is 2.53. The zero-order chi connectivity index (χ0) is 14.7. The number of hydrogen-bond donors (Lipinski definition) is 1. The Kier molecular flexibility index (Phi) is 4.51. The molecule has 0 unspecified atom stereocenters. The standard InChI is InChI=1S/C18H25N3/c1-14(2)21-9-6-18(7-10-21)20-12-15-3-4-17-13-19-8-5-16(17)11-15/h3-5,8,11,13-14,18,20H,6-7,9-10,12H2,1-2H3. The molecular weight excluding hydrogens is 258 g/mol. The minimum absolute atomic E-state index is 0.660. The lowest BCUT2D eigenvalue weighted by atomic mass is 10.0. The Morgan fingerprint density at radius 2 is 2.00 bits per heavy atom. The summed E-state index contributed by atoms with van der Waals surface area (Å²) < 4.78 is 0. The van der Waals surface area contributed by atoms with Crippen LogP contribution in [0.3, 0.4) is 0 Å². The Morgan fingerprint density at radius 3 is 2.76 bits per heavy atom. The summed E-state index contributed by atoms with van der Waals surface area (Å²) in [6, 6.07) is 10.1. The molecule has 0 saturated carbocycles. The van der Waals surface area contributed by atoms with Gasteiger partial charge in [0, 0.05) is 36.4 Å². The molecule has 0 amide bonds. The second-order valence-electron chi connectivity index (χ2n) is 6.34. The molecule has 1 N–H and O–H groups in total. The highest BCUT2D eigenvalue weighted by Crippen LogP contribution is 2.16. The number of nitrogens with zero attached hydrogens (tertiary/aromatic N) is 2. The molecule has 3 rings (SSSR count). The molecule has 1 fully saturated rings. The molecule has 2 aromatic rings. The molecule has 1 aliphatic rings. The van der Waals surface area contributed by atoms with Crippen molar-refractivity contribution in [1.29, 1.82) is 0 Å². The van der Waals surface area contributed by atoms with Crippen LogP contribution in [0.1, 0.15) is 32.3 Å². The molecule has 1 saturated heterocycles. The van der Waals surface area contributed by atoms with E-state index in [0.717, 1.165) is 6.54 Å². The number of fused-ring (bicyclic) bond motifs is 1. The largest absolute Gasteiger partial charge is 0.310 e. The maximum atomic E-state index is 4.16. The number of aromatic nitrogens is 1. The van der Waals surface area contributed by atoms with Crippen LogP contribution in [-0.4, -0.2) is 35.1 Å². The highest BCUT2D eigenvalue weighted by molar-refractivity contribution is 5.81. The maximum absolute atomic E-state index is 4.16. The molecule has 0 aliphatic carbocycles. The lowest BCUT2D eigenvalue weighted by Gasteiger charge is -2.35. The summed E-state index contributed by atoms with van der Waals surface area (Å²) in [5.41, 5.74) is 1.36. The fourth-order valence-electron chi connectivity index (χ4n) is 3.12. The molecule has 2 heterocycles. The van der Waals surface area contributed by atoms with Crippen molar-refractivity contribution in [1.82, 2.24) is 15.2 Å². The van der Waals surface area contributed by atoms with E-state index in [1.165, 1.54) is 42.3 Å². The van der Waals surface area contributed by atoms with Crippen molar-refractivity contribution in [3.63, 3.8) is 0 Å². The van der Waals surface area contributed by atoms with Crippen LogP contribution in [0.15, 0.2) is 36.7 Å². The molecule has 1 aromatic carbocycles. The first kappa shape index (κ1) is 14.5. The van der Waals surface area contributed by atoms with Gasteiger partial charge in [0.15, 0.2) is 0 Å². The first-order valence-corrected chi connectivity index (χ1v) is 8.02. The maximum Gasteiger partial charge on any atom is 0.0346 e. The van der Waals surface area contributed by atoms with Gasteiger partial charge in [-0.05, 0) is 62.9 Å². The van der Waals surface area contributed by atoms with Gasteiger partial charge >= 0.3 is 0 Å². The molecule has 0 bridgehead atoms. The zero-order valence-corrected chi connectivity index (χ0v) is 13.0. The summed E-state index contributed by atoms with van der Waals surface area (Å²) in [4.78, 5) is 6.73. The fraction of sp³-hybridized carbons (Fsp3) is 0.500. The van der Waals surface area contributed by atoms with Crippen LogP contribution < -0.4 is 5.32 Å². The molecule has 1 aliphatic heterocycles. The summed E-state index contributed by atoms with van der Waals surface area (Å²) in [6.45, 7) is 7.98. The highest BCUT2D eigenvalue weighted by atomic mass is 15.2. The first-order valence-electron chi connectivity index (χ1n) is 8.02. The van der Waals surface area contributed by atoms with Crippen molar-refractivity contribution in [2.24, 2.45) is 0 Å². The Morgan fingerprint density at radius 1 is 1.19 bits per heavy atom. The van der Waals surface area contributed by atoms with Crippen molar-refractivity contribution >= 4 is 10.8 Å². The molecular formula is C18H25N3. The van der Waals surface area contributed by atoms with Gasteiger partial charge in [0.1, 0.15) is 0 Å². The van der Waals surface area contributed by atoms with Crippen molar-refractivity contribution in [3.8, 4) is 0 Å². The number of likely N-dealkylation sites (tertiary alicyclic amines) is 1. The summed E-state index contributed by atoms with van der Waals surface area (Å²) in [6.07, 6.45) is 6.31. The first-order chi connectivity index (χ1) is 10.2. The summed E-state index contributed by atoms with van der Waals surface area (Å²) in [7, 11) is 0. The SMILES string of the molecule is CC(C)N1CCC(NCc2ccc3cnccc3c2)CC1. The zero-order valence-electron chi connectivity index (χ0n) is 13.0. The topological polar surface area (TPSA) is 28.2 Å². The molecule has 0 atom stereocenters. The quantitative estimate of drug-likeness (QED) is 0.934. The van der Waals surface area contributed by atoms with E-state index in [0.29, 0.717) is 12.1 Å². The number of piperidine rings is 1. The van der Waals surface area contributed by atoms with Crippen LogP contribution in [-0.2, 0) is 6.54 Å². The van der Waals surface area contributed by atoms with Gasteiger partial charge in [-0.1, -0.05) is 12.1 Å². The lowest BCUT2D eigenvalue weighted by Crippen LogP contribution is -2.44. The predicted octanol–water partition coefficient (Wildman–Crippen LogP) is 3.20. The van der Waals surface area contributed by atoms with Gasteiger partial charge in [-0.15, -0.1) is 0 Å². The van der Waals surface area contributed by atoms with Crippen LogP contribution in [0.4, 0.5) is 0 Å². The molecule has 21 heavy (non-hydrogen) atoms. The van der Waals surface area contributed by atoms with Gasteiger partial charge in [-0.25, -0.2) is 0 Å². The van der Waals surface area contributed by atoms with E-state index in [4.69, 9.17) is 0 Å². The summed E-state index contributed by atoms with van der Waals surface area (Å²) in [5, 5.41) is 6.21. The number of hydrogen-bond acceptors (Lipinski definition) is 3. The van der Waals surface area contributed by atoms with E-state index in [1.54, 1.807) is 0 Å². The van der Waals surface area contributed by atoms with E-state index in [9.17, 15) is 0 Å². The van der Waals surface area contributed by atoms with Gasteiger partial charge in [0.25, 0.3) is 0 Å². The van der Waals surface area contributed by atoms with Gasteiger partial charge in [0.05, 0.1) is 0 Å². The Labute approximate surface area is 127 Å². The number of pyridine rings is 1. The summed E-state index contributed by atoms with van der Waals surface area (Å²) in [5.74, 6) is 0. The third-order valence-corrected chi connectivity index (χ3v) is 4.56. The molecule has 112 valence electrons. The van der Waals surface area contributed by atoms with E-state index in [-0.39, 0.29) is 0 Å². The normalized spacial score (nSPS) is 17.7. The third kappa shape index (κ3) is 3.60. The van der Waals surface area contributed by atoms with Crippen LogP contribution in [0, 0.1) is 0 Å². The second kappa shape index (κ2) is 6.54. The van der Waals surface area contributed by atoms with Crippen molar-refractivity contribution in [2.75, 3.05) is 13.1 Å². The van der Waals surface area contributed by atoms with E-state index < -0.39 is 0 Å². The van der Waals surface area contributed by atoms with Gasteiger partial charge < -0.3 is 10.2 Å². The average molecular weight is 283 g/mol. The van der Waals surface area contributed by atoms with Crippen molar-refractivity contribution in [2.45, 2.75) is 45.3 Å². The highest BCUT2D eigenvalue weighted by Gasteiger charge is 2.20. The van der Waals surface area contributed by atoms with Gasteiger partial charge in [-0.2, -0.15) is 0 Å². The minimum atomic E-state index is 0.660. The monoisotopic (exact) mass is 283 g/mol. The molecule has 1 aromatic heterocycles. The lowest BCUT2D eigenvalue weighted by molar-refractivity contribution is 0.161. The summed E-state index contributed by atoms with van der Waals surface area (Å²) >= 11 is 0. The minimum Gasteiger partial charge on any atom is -0.310 e. The number of benzene rings is 1. The van der Waals surface area contributed by atoms with Crippen LogP contribution in [0.5, 0.6) is 0 Å². The van der Waals surface area contributed by atoms with Crippen LogP contribution in [0.2, 0.25) is 0 Å². The Balaban J connectivity index is 1.55. The molecule has 0 radical (unpaired) electrons. The number of rotatable bonds is 4. The second-order valence-corrected chi connectivity index (χ2v) is 6.34. The Bertz CT molecular complexity index is 586. The fourth-order valence-corrected chi connectivity index (χ4v) is 3.12. The van der Waals surface area contributed by atoms with Crippen LogP contribution in [0.25, 0.3) is 10.8 Å². The predicted molar refractivity (Wildman–Crippen MR) is 88.3 cm³/mol. The Hall–Kier alpha value is -1.45. The molecule has 0 spiro atoms. The smallest absolute Gasteiger partial charge is 0.0346 e. The van der Waals surface area contributed by atoms with Crippen LogP contribution >= 0.6 is 0 Å². The van der Waals surface area contributed by atoms with E-state index in [2.05, 4.69) is 53.3 Å². The van der Waals surface area contributed by atoms with E-state index in [1.807, 2.05) is 12.4 Å². The molecule has 3 nitrogen and oxygen atoms in total. The van der Waals surface area contributed by atoms with Crippen molar-refractivity contribution < 1.29 is 0 Å².